The smallest absolute Gasteiger partial charge is 0.168 e. The molecule has 1 aliphatic carbocycles. The molecule has 0 bridgehead atoms. The van der Waals surface area contributed by atoms with E-state index >= 15 is 0 Å². The molecule has 0 radical (unpaired) electrons. The summed E-state index contributed by atoms with van der Waals surface area (Å²) in [6, 6.07) is 7.67. The molecule has 1 aromatic carbocycles. The number of benzene rings is 1. The first-order valence-electron chi connectivity index (χ1n) is 7.28. The van der Waals surface area contributed by atoms with Gasteiger partial charge in [0.1, 0.15) is 6.10 Å². The summed E-state index contributed by atoms with van der Waals surface area (Å²) in [5.41, 5.74) is 0.820. The van der Waals surface area contributed by atoms with Gasteiger partial charge in [0.25, 0.3) is 0 Å². The summed E-state index contributed by atoms with van der Waals surface area (Å²) in [5.74, 6) is -0.515. The van der Waals surface area contributed by atoms with Gasteiger partial charge in [0, 0.05) is 12.8 Å². The lowest BCUT2D eigenvalue weighted by Gasteiger charge is -2.42. The molecule has 2 N–H and O–H groups in total. The topological polar surface area (TPSA) is 58.9 Å². The highest BCUT2D eigenvalue weighted by atomic mass is 16.7. The second kappa shape index (κ2) is 5.11. The minimum atomic E-state index is -1.09. The van der Waals surface area contributed by atoms with Gasteiger partial charge < -0.3 is 19.7 Å². The summed E-state index contributed by atoms with van der Waals surface area (Å²) >= 11 is 0. The van der Waals surface area contributed by atoms with E-state index in [0.29, 0.717) is 38.9 Å². The molecular formula is C16H22O4. The molecule has 1 saturated carbocycles. The van der Waals surface area contributed by atoms with Gasteiger partial charge in [0.15, 0.2) is 5.79 Å². The number of hydrogen-bond acceptors (Lipinski definition) is 4. The van der Waals surface area contributed by atoms with E-state index in [2.05, 4.69) is 0 Å². The molecule has 0 amide bonds. The first-order chi connectivity index (χ1) is 9.53. The maximum atomic E-state index is 10.7. The molecule has 1 spiro atoms. The summed E-state index contributed by atoms with van der Waals surface area (Å²) in [6.07, 6.45) is 1.38. The summed E-state index contributed by atoms with van der Waals surface area (Å²) < 4.78 is 11.3. The van der Waals surface area contributed by atoms with Crippen LogP contribution in [0.4, 0.5) is 0 Å². The van der Waals surface area contributed by atoms with Crippen molar-refractivity contribution in [3.63, 3.8) is 0 Å². The van der Waals surface area contributed by atoms with Crippen molar-refractivity contribution in [3.05, 3.63) is 35.4 Å². The van der Waals surface area contributed by atoms with Crippen LogP contribution in [0.5, 0.6) is 0 Å². The number of aliphatic hydroxyl groups excluding tert-OH is 1. The third kappa shape index (κ3) is 2.49. The van der Waals surface area contributed by atoms with Crippen LogP contribution in [0, 0.1) is 6.92 Å². The fourth-order valence-corrected chi connectivity index (χ4v) is 3.18. The Morgan fingerprint density at radius 2 is 1.55 bits per heavy atom. The molecule has 2 aliphatic rings. The van der Waals surface area contributed by atoms with E-state index in [4.69, 9.17) is 9.47 Å². The Hall–Kier alpha value is -0.940. The predicted molar refractivity (Wildman–Crippen MR) is 74.2 cm³/mol. The van der Waals surface area contributed by atoms with Crippen molar-refractivity contribution in [2.24, 2.45) is 0 Å². The first-order valence-corrected chi connectivity index (χ1v) is 7.28. The average molecular weight is 278 g/mol. The number of rotatable bonds is 2. The minimum absolute atomic E-state index is 0.488. The third-order valence-electron chi connectivity index (χ3n) is 4.59. The van der Waals surface area contributed by atoms with E-state index in [1.165, 1.54) is 0 Å². The van der Waals surface area contributed by atoms with Crippen LogP contribution in [0.3, 0.4) is 0 Å². The Labute approximate surface area is 119 Å². The molecule has 110 valence electrons. The maximum Gasteiger partial charge on any atom is 0.168 e. The predicted octanol–water partition coefficient (Wildman–Crippen LogP) is 2.08. The van der Waals surface area contributed by atoms with Crippen LogP contribution >= 0.6 is 0 Å². The van der Waals surface area contributed by atoms with Gasteiger partial charge in [-0.25, -0.2) is 0 Å². The fraction of sp³-hybridized carbons (Fsp3) is 0.625. The van der Waals surface area contributed by atoms with E-state index in [-0.39, 0.29) is 0 Å². The second-order valence-electron chi connectivity index (χ2n) is 6.02. The molecule has 1 aliphatic heterocycles. The molecule has 1 unspecified atom stereocenters. The second-order valence-corrected chi connectivity index (χ2v) is 6.02. The van der Waals surface area contributed by atoms with Gasteiger partial charge in [-0.2, -0.15) is 0 Å². The zero-order valence-electron chi connectivity index (χ0n) is 11.8. The standard InChI is InChI=1S/C16H22O4/c1-12-2-4-13(5-3-12)14(17)15(18)6-8-16(9-7-15)19-10-11-20-16/h2-5,14,17-18H,6-11H2,1H3. The Balaban J connectivity index is 1.71. The van der Waals surface area contributed by atoms with Crippen LogP contribution in [0.15, 0.2) is 24.3 Å². The summed E-state index contributed by atoms with van der Waals surface area (Å²) in [7, 11) is 0. The molecule has 1 aromatic rings. The largest absolute Gasteiger partial charge is 0.387 e. The Morgan fingerprint density at radius 1 is 1.00 bits per heavy atom. The highest BCUT2D eigenvalue weighted by Gasteiger charge is 2.48. The number of aliphatic hydroxyl groups is 2. The van der Waals surface area contributed by atoms with Gasteiger partial charge >= 0.3 is 0 Å². The van der Waals surface area contributed by atoms with Crippen LogP contribution in [-0.2, 0) is 9.47 Å². The molecule has 4 heteroatoms. The molecule has 0 aromatic heterocycles. The zero-order valence-corrected chi connectivity index (χ0v) is 11.8. The summed E-state index contributed by atoms with van der Waals surface area (Å²) in [4.78, 5) is 0. The van der Waals surface area contributed by atoms with Crippen molar-refractivity contribution in [1.82, 2.24) is 0 Å². The number of ether oxygens (including phenoxy) is 2. The van der Waals surface area contributed by atoms with Gasteiger partial charge in [0.2, 0.25) is 0 Å². The van der Waals surface area contributed by atoms with Crippen LogP contribution in [0.1, 0.15) is 42.9 Å². The normalized spacial score (nSPS) is 25.8. The Morgan fingerprint density at radius 3 is 2.10 bits per heavy atom. The highest BCUT2D eigenvalue weighted by Crippen LogP contribution is 2.45. The van der Waals surface area contributed by atoms with Crippen molar-refractivity contribution >= 4 is 0 Å². The number of hydrogen-bond donors (Lipinski definition) is 2. The monoisotopic (exact) mass is 278 g/mol. The van der Waals surface area contributed by atoms with Crippen molar-refractivity contribution in [2.45, 2.75) is 50.1 Å². The highest BCUT2D eigenvalue weighted by molar-refractivity contribution is 5.25. The van der Waals surface area contributed by atoms with Gasteiger partial charge in [-0.3, -0.25) is 0 Å². The molecule has 20 heavy (non-hydrogen) atoms. The zero-order chi connectivity index (χ0) is 14.2. The molecule has 2 fully saturated rings. The van der Waals surface area contributed by atoms with Crippen molar-refractivity contribution in [3.8, 4) is 0 Å². The van der Waals surface area contributed by atoms with Crippen LogP contribution < -0.4 is 0 Å². The first kappa shape index (κ1) is 14.0. The molecule has 4 nitrogen and oxygen atoms in total. The van der Waals surface area contributed by atoms with E-state index in [1.807, 2.05) is 31.2 Å². The quantitative estimate of drug-likeness (QED) is 0.869. The molecule has 1 atom stereocenters. The van der Waals surface area contributed by atoms with Crippen LogP contribution in [-0.4, -0.2) is 34.8 Å². The lowest BCUT2D eigenvalue weighted by atomic mass is 9.76. The minimum Gasteiger partial charge on any atom is -0.387 e. The maximum absolute atomic E-state index is 10.7. The van der Waals surface area contributed by atoms with Crippen molar-refractivity contribution in [1.29, 1.82) is 0 Å². The van der Waals surface area contributed by atoms with E-state index < -0.39 is 17.5 Å². The SMILES string of the molecule is Cc1ccc(C(O)C2(O)CCC3(CC2)OCCO3)cc1. The summed E-state index contributed by atoms with van der Waals surface area (Å²) in [5, 5.41) is 21.2. The number of aryl methyl sites for hydroxylation is 1. The fourth-order valence-electron chi connectivity index (χ4n) is 3.18. The van der Waals surface area contributed by atoms with Gasteiger partial charge in [-0.15, -0.1) is 0 Å². The lowest BCUT2D eigenvalue weighted by molar-refractivity contribution is -0.217. The van der Waals surface area contributed by atoms with E-state index in [1.54, 1.807) is 0 Å². The van der Waals surface area contributed by atoms with Crippen molar-refractivity contribution in [2.75, 3.05) is 13.2 Å². The van der Waals surface area contributed by atoms with Crippen LogP contribution in [0.2, 0.25) is 0 Å². The molecule has 1 heterocycles. The van der Waals surface area contributed by atoms with E-state index in [9.17, 15) is 10.2 Å². The molecule has 3 rings (SSSR count). The van der Waals surface area contributed by atoms with E-state index in [0.717, 1.165) is 11.1 Å². The summed E-state index contributed by atoms with van der Waals surface area (Å²) in [6.45, 7) is 3.25. The lowest BCUT2D eigenvalue weighted by Crippen LogP contribution is -2.46. The average Bonchev–Trinajstić information content (AvgIpc) is 2.92. The van der Waals surface area contributed by atoms with Crippen molar-refractivity contribution < 1.29 is 19.7 Å². The molecule has 1 saturated heterocycles. The third-order valence-corrected chi connectivity index (χ3v) is 4.59. The van der Waals surface area contributed by atoms with Gasteiger partial charge in [-0.1, -0.05) is 29.8 Å². The van der Waals surface area contributed by atoms with Gasteiger partial charge in [-0.05, 0) is 25.3 Å². The Bertz CT molecular complexity index is 452. The van der Waals surface area contributed by atoms with Gasteiger partial charge in [0.05, 0.1) is 18.8 Å². The van der Waals surface area contributed by atoms with Crippen LogP contribution in [0.25, 0.3) is 0 Å². The Kier molecular flexibility index (Phi) is 3.58. The molecular weight excluding hydrogens is 256 g/mol.